The fourth-order valence-electron chi connectivity index (χ4n) is 2.26. The molecular weight excluding hydrogens is 338 g/mol. The van der Waals surface area contributed by atoms with E-state index < -0.39 is 5.60 Å². The van der Waals surface area contributed by atoms with Gasteiger partial charge in [-0.3, -0.25) is 4.68 Å². The van der Waals surface area contributed by atoms with Crippen molar-refractivity contribution in [2.24, 2.45) is 7.05 Å². The lowest BCUT2D eigenvalue weighted by molar-refractivity contribution is 0.0187. The summed E-state index contributed by atoms with van der Waals surface area (Å²) in [4.78, 5) is 13.9. The molecule has 0 bridgehead atoms. The van der Waals surface area contributed by atoms with Crippen molar-refractivity contribution in [3.05, 3.63) is 10.8 Å². The number of aromatic nitrogens is 2. The van der Waals surface area contributed by atoms with Gasteiger partial charge in [-0.15, -0.1) is 0 Å². The third-order valence-corrected chi connectivity index (χ3v) is 4.18. The third kappa shape index (κ3) is 4.12. The highest BCUT2D eigenvalue weighted by Gasteiger charge is 2.32. The fraction of sp³-hybridized carbons (Fsp3) is 0.714. The normalized spacial score (nSPS) is 18.9. The van der Waals surface area contributed by atoms with Gasteiger partial charge in [0.15, 0.2) is 5.75 Å². The zero-order valence-corrected chi connectivity index (χ0v) is 14.5. The van der Waals surface area contributed by atoms with Crippen LogP contribution in [0.15, 0.2) is 10.8 Å². The van der Waals surface area contributed by atoms with Crippen molar-refractivity contribution >= 4 is 22.0 Å². The molecule has 1 aliphatic heterocycles. The van der Waals surface area contributed by atoms with Crippen molar-refractivity contribution in [3.63, 3.8) is 0 Å². The van der Waals surface area contributed by atoms with E-state index >= 15 is 0 Å². The molecule has 0 aliphatic carbocycles. The number of carbonyl (C=O) groups is 1. The average Bonchev–Trinajstić information content (AvgIpc) is 2.94. The van der Waals surface area contributed by atoms with Gasteiger partial charge in [-0.1, -0.05) is 0 Å². The van der Waals surface area contributed by atoms with Crippen LogP contribution in [0.25, 0.3) is 0 Å². The van der Waals surface area contributed by atoms with Crippen molar-refractivity contribution in [2.45, 2.75) is 45.3 Å². The van der Waals surface area contributed by atoms with Gasteiger partial charge >= 0.3 is 6.09 Å². The van der Waals surface area contributed by atoms with Gasteiger partial charge in [-0.25, -0.2) is 4.79 Å². The maximum atomic E-state index is 12.2. The molecule has 2 heterocycles. The van der Waals surface area contributed by atoms with Crippen molar-refractivity contribution in [2.75, 3.05) is 13.2 Å². The Labute approximate surface area is 133 Å². The molecule has 1 atom stereocenters. The second-order valence-corrected chi connectivity index (χ2v) is 6.96. The highest BCUT2D eigenvalue weighted by atomic mass is 79.9. The van der Waals surface area contributed by atoms with Crippen LogP contribution in [0, 0.1) is 0 Å². The highest BCUT2D eigenvalue weighted by molar-refractivity contribution is 9.10. The first-order valence-corrected chi connectivity index (χ1v) is 7.87. The third-order valence-electron chi connectivity index (χ3n) is 3.27. The highest BCUT2D eigenvalue weighted by Crippen LogP contribution is 2.26. The van der Waals surface area contributed by atoms with Crippen molar-refractivity contribution in [1.29, 1.82) is 0 Å². The van der Waals surface area contributed by atoms with Crippen LogP contribution in [0.1, 0.15) is 33.6 Å². The van der Waals surface area contributed by atoms with Crippen molar-refractivity contribution in [1.82, 2.24) is 14.7 Å². The maximum Gasteiger partial charge on any atom is 0.410 e. The molecule has 6 nitrogen and oxygen atoms in total. The van der Waals surface area contributed by atoms with E-state index in [-0.39, 0.29) is 12.1 Å². The van der Waals surface area contributed by atoms with Gasteiger partial charge in [0.1, 0.15) is 16.8 Å². The minimum atomic E-state index is -0.475. The minimum absolute atomic E-state index is 0.0481. The molecule has 0 aromatic carbocycles. The molecule has 0 radical (unpaired) electrons. The number of amides is 1. The Morgan fingerprint density at radius 3 is 2.81 bits per heavy atom. The Kier molecular flexibility index (Phi) is 4.81. The summed E-state index contributed by atoms with van der Waals surface area (Å²) in [5.74, 6) is 0.688. The van der Waals surface area contributed by atoms with Crippen LogP contribution in [0.3, 0.4) is 0 Å². The van der Waals surface area contributed by atoms with Crippen LogP contribution in [0.2, 0.25) is 0 Å². The van der Waals surface area contributed by atoms with Crippen LogP contribution in [0.5, 0.6) is 5.75 Å². The number of hydrogen-bond donors (Lipinski definition) is 0. The molecule has 21 heavy (non-hydrogen) atoms. The minimum Gasteiger partial charge on any atom is -0.487 e. The SMILES string of the molecule is Cn1ncc(OC[C@H]2CCCN2C(=O)OC(C)(C)C)c1Br. The number of ether oxygens (including phenoxy) is 2. The van der Waals surface area contributed by atoms with Gasteiger partial charge in [0.2, 0.25) is 0 Å². The van der Waals surface area contributed by atoms with E-state index in [2.05, 4.69) is 21.0 Å². The van der Waals surface area contributed by atoms with E-state index in [4.69, 9.17) is 9.47 Å². The first-order valence-electron chi connectivity index (χ1n) is 7.08. The molecule has 1 aliphatic rings. The van der Waals surface area contributed by atoms with Gasteiger partial charge in [0, 0.05) is 13.6 Å². The summed E-state index contributed by atoms with van der Waals surface area (Å²) in [6.45, 7) is 6.79. The van der Waals surface area contributed by atoms with Crippen LogP contribution < -0.4 is 4.74 Å². The van der Waals surface area contributed by atoms with E-state index in [1.807, 2.05) is 27.8 Å². The largest absolute Gasteiger partial charge is 0.487 e. The van der Waals surface area contributed by atoms with E-state index in [0.717, 1.165) is 24.0 Å². The number of hydrogen-bond acceptors (Lipinski definition) is 4. The molecule has 0 N–H and O–H groups in total. The van der Waals surface area contributed by atoms with Gasteiger partial charge in [0.25, 0.3) is 0 Å². The lowest BCUT2D eigenvalue weighted by atomic mass is 10.2. The lowest BCUT2D eigenvalue weighted by Gasteiger charge is -2.28. The van der Waals surface area contributed by atoms with Gasteiger partial charge < -0.3 is 14.4 Å². The molecular formula is C14H22BrN3O3. The first-order chi connectivity index (χ1) is 9.78. The molecule has 1 aromatic heterocycles. The Balaban J connectivity index is 1.93. The Morgan fingerprint density at radius 2 is 2.24 bits per heavy atom. The first kappa shape index (κ1) is 16.1. The van der Waals surface area contributed by atoms with E-state index in [1.165, 1.54) is 0 Å². The molecule has 0 unspecified atom stereocenters. The number of rotatable bonds is 3. The summed E-state index contributed by atoms with van der Waals surface area (Å²) < 4.78 is 13.7. The monoisotopic (exact) mass is 359 g/mol. The van der Waals surface area contributed by atoms with E-state index in [1.54, 1.807) is 15.8 Å². The molecule has 1 fully saturated rings. The Hall–Kier alpha value is -1.24. The maximum absolute atomic E-state index is 12.2. The molecule has 118 valence electrons. The number of likely N-dealkylation sites (tertiary alicyclic amines) is 1. The number of carbonyl (C=O) groups excluding carboxylic acids is 1. The lowest BCUT2D eigenvalue weighted by Crippen LogP contribution is -2.42. The van der Waals surface area contributed by atoms with Crippen LogP contribution in [-0.4, -0.2) is 45.6 Å². The summed E-state index contributed by atoms with van der Waals surface area (Å²) >= 11 is 3.41. The molecule has 1 aromatic rings. The van der Waals surface area contributed by atoms with E-state index in [9.17, 15) is 4.79 Å². The standard InChI is InChI=1S/C14H22BrN3O3/c1-14(2,3)21-13(19)18-7-5-6-10(18)9-20-11-8-16-17(4)12(11)15/h8,10H,5-7,9H2,1-4H3/t10-/m1/s1. The predicted octanol–water partition coefficient (Wildman–Crippen LogP) is 2.96. The molecule has 1 amide bonds. The molecule has 0 spiro atoms. The molecule has 1 saturated heterocycles. The smallest absolute Gasteiger partial charge is 0.410 e. The van der Waals surface area contributed by atoms with E-state index in [0.29, 0.717) is 12.4 Å². The summed E-state index contributed by atoms with van der Waals surface area (Å²) in [7, 11) is 1.83. The summed E-state index contributed by atoms with van der Waals surface area (Å²) in [6.07, 6.45) is 3.30. The zero-order valence-electron chi connectivity index (χ0n) is 12.9. The second-order valence-electron chi connectivity index (χ2n) is 6.20. The van der Waals surface area contributed by atoms with Crippen LogP contribution in [0.4, 0.5) is 4.79 Å². The van der Waals surface area contributed by atoms with Gasteiger partial charge in [0.05, 0.1) is 12.2 Å². The number of halogens is 1. The summed E-state index contributed by atoms with van der Waals surface area (Å²) in [5, 5.41) is 4.10. The Morgan fingerprint density at radius 1 is 1.52 bits per heavy atom. The van der Waals surface area contributed by atoms with Gasteiger partial charge in [-0.2, -0.15) is 5.10 Å². The summed E-state index contributed by atoms with van der Waals surface area (Å²) in [5.41, 5.74) is -0.475. The molecule has 2 rings (SSSR count). The summed E-state index contributed by atoms with van der Waals surface area (Å²) in [6, 6.07) is 0.0481. The van der Waals surface area contributed by atoms with Crippen molar-refractivity contribution < 1.29 is 14.3 Å². The fourth-order valence-corrected chi connectivity index (χ4v) is 2.56. The molecule has 0 saturated carbocycles. The van der Waals surface area contributed by atoms with Crippen molar-refractivity contribution in [3.8, 4) is 5.75 Å². The quantitative estimate of drug-likeness (QED) is 0.832. The topological polar surface area (TPSA) is 56.6 Å². The average molecular weight is 360 g/mol. The second kappa shape index (κ2) is 6.25. The number of nitrogens with zero attached hydrogens (tertiary/aromatic N) is 3. The van der Waals surface area contributed by atoms with Gasteiger partial charge in [-0.05, 0) is 49.5 Å². The predicted molar refractivity (Wildman–Crippen MR) is 82.4 cm³/mol. The zero-order chi connectivity index (χ0) is 15.6. The van der Waals surface area contributed by atoms with Crippen LogP contribution in [-0.2, 0) is 11.8 Å². The Bertz CT molecular complexity index is 510. The van der Waals surface area contributed by atoms with Crippen LogP contribution >= 0.6 is 15.9 Å². The molecule has 7 heteroatoms. The number of aryl methyl sites for hydroxylation is 1.